The number of anilines is 1. The molecule has 0 aliphatic rings. The molecule has 7 heteroatoms. The van der Waals surface area contributed by atoms with Crippen molar-refractivity contribution in [2.24, 2.45) is 0 Å². The molecule has 0 radical (unpaired) electrons. The van der Waals surface area contributed by atoms with Crippen LogP contribution in [0.4, 0.5) is 10.1 Å². The predicted octanol–water partition coefficient (Wildman–Crippen LogP) is 4.01. The molecule has 3 aromatic rings. The zero-order valence-corrected chi connectivity index (χ0v) is 17.4. The molecule has 0 saturated heterocycles. The van der Waals surface area contributed by atoms with Gasteiger partial charge in [0.25, 0.3) is 15.9 Å². The molecular formula is C23H23FN2O3S. The van der Waals surface area contributed by atoms with E-state index in [0.29, 0.717) is 25.1 Å². The van der Waals surface area contributed by atoms with Crippen LogP contribution in [0.15, 0.2) is 83.8 Å². The van der Waals surface area contributed by atoms with Crippen molar-refractivity contribution in [1.82, 2.24) is 5.32 Å². The zero-order valence-electron chi connectivity index (χ0n) is 16.6. The van der Waals surface area contributed by atoms with Gasteiger partial charge < -0.3 is 5.32 Å². The van der Waals surface area contributed by atoms with Gasteiger partial charge in [0.15, 0.2) is 0 Å². The lowest BCUT2D eigenvalue weighted by Gasteiger charge is -2.19. The molecule has 0 atom stereocenters. The summed E-state index contributed by atoms with van der Waals surface area (Å²) in [6, 6.07) is 21.0. The number of aryl methyl sites for hydroxylation is 1. The van der Waals surface area contributed by atoms with E-state index in [2.05, 4.69) is 5.32 Å². The molecule has 3 aromatic carbocycles. The van der Waals surface area contributed by atoms with Gasteiger partial charge in [-0.3, -0.25) is 9.10 Å². The third kappa shape index (κ3) is 5.24. The Labute approximate surface area is 176 Å². The molecule has 0 saturated carbocycles. The summed E-state index contributed by atoms with van der Waals surface area (Å²) in [4.78, 5) is 12.5. The van der Waals surface area contributed by atoms with Gasteiger partial charge in [0.05, 0.1) is 10.6 Å². The Kier molecular flexibility index (Phi) is 6.84. The van der Waals surface area contributed by atoms with Crippen molar-refractivity contribution in [2.45, 2.75) is 17.7 Å². The highest BCUT2D eigenvalue weighted by atomic mass is 32.2. The van der Waals surface area contributed by atoms with Crippen LogP contribution in [0.5, 0.6) is 0 Å². The van der Waals surface area contributed by atoms with Gasteiger partial charge in [0.1, 0.15) is 5.82 Å². The Morgan fingerprint density at radius 2 is 1.67 bits per heavy atom. The number of halogens is 1. The Hall–Kier alpha value is -3.19. The third-order valence-electron chi connectivity index (χ3n) is 4.72. The topological polar surface area (TPSA) is 66.5 Å². The van der Waals surface area contributed by atoms with Crippen LogP contribution in [-0.2, 0) is 16.4 Å². The fourth-order valence-electron chi connectivity index (χ4n) is 2.98. The second-order valence-electron chi connectivity index (χ2n) is 6.82. The van der Waals surface area contributed by atoms with Gasteiger partial charge in [0.2, 0.25) is 0 Å². The van der Waals surface area contributed by atoms with Crippen molar-refractivity contribution >= 4 is 21.6 Å². The summed E-state index contributed by atoms with van der Waals surface area (Å²) in [6.45, 7) is 0.428. The summed E-state index contributed by atoms with van der Waals surface area (Å²) < 4.78 is 39.9. The minimum absolute atomic E-state index is 0.0489. The van der Waals surface area contributed by atoms with E-state index < -0.39 is 10.0 Å². The van der Waals surface area contributed by atoms with Crippen LogP contribution in [0, 0.1) is 5.82 Å². The van der Waals surface area contributed by atoms with E-state index >= 15 is 0 Å². The number of para-hydroxylation sites is 1. The fraction of sp³-hybridized carbons (Fsp3) is 0.174. The lowest BCUT2D eigenvalue weighted by Crippen LogP contribution is -2.28. The summed E-state index contributed by atoms with van der Waals surface area (Å²) >= 11 is 0. The molecule has 0 aromatic heterocycles. The van der Waals surface area contributed by atoms with Crippen molar-refractivity contribution in [1.29, 1.82) is 0 Å². The van der Waals surface area contributed by atoms with E-state index in [1.165, 1.54) is 35.6 Å². The summed E-state index contributed by atoms with van der Waals surface area (Å²) in [7, 11) is -2.31. The van der Waals surface area contributed by atoms with Crippen LogP contribution in [0.1, 0.15) is 22.3 Å². The van der Waals surface area contributed by atoms with Crippen LogP contribution >= 0.6 is 0 Å². The highest BCUT2D eigenvalue weighted by Crippen LogP contribution is 2.22. The molecule has 0 unspecified atom stereocenters. The van der Waals surface area contributed by atoms with Crippen LogP contribution in [0.2, 0.25) is 0 Å². The molecule has 0 fully saturated rings. The average molecular weight is 427 g/mol. The van der Waals surface area contributed by atoms with Crippen LogP contribution in [-0.4, -0.2) is 27.9 Å². The highest BCUT2D eigenvalue weighted by molar-refractivity contribution is 7.92. The standard InChI is InChI=1S/C23H23FN2O3S/c1-26(21-9-3-2-4-10-21)30(28,29)22-11-5-8-19(17-22)23(27)25-16-6-7-18-12-14-20(24)15-13-18/h2-5,8-15,17H,6-7,16H2,1H3,(H,25,27). The Morgan fingerprint density at radius 1 is 0.967 bits per heavy atom. The maximum atomic E-state index is 12.9. The van der Waals surface area contributed by atoms with Crippen molar-refractivity contribution in [3.05, 3.63) is 95.8 Å². The SMILES string of the molecule is CN(c1ccccc1)S(=O)(=O)c1cccc(C(=O)NCCCc2ccc(F)cc2)c1. The summed E-state index contributed by atoms with van der Waals surface area (Å²) in [5.41, 5.74) is 1.80. The number of sulfonamides is 1. The number of carbonyl (C=O) groups excluding carboxylic acids is 1. The van der Waals surface area contributed by atoms with Crippen LogP contribution < -0.4 is 9.62 Å². The van der Waals surface area contributed by atoms with Gasteiger partial charge in [-0.1, -0.05) is 36.4 Å². The average Bonchev–Trinajstić information content (AvgIpc) is 2.78. The Morgan fingerprint density at radius 3 is 2.37 bits per heavy atom. The first-order chi connectivity index (χ1) is 14.4. The van der Waals surface area contributed by atoms with E-state index in [1.54, 1.807) is 48.5 Å². The Balaban J connectivity index is 1.62. The van der Waals surface area contributed by atoms with Gasteiger partial charge in [-0.2, -0.15) is 0 Å². The molecule has 0 aliphatic heterocycles. The maximum absolute atomic E-state index is 12.9. The molecule has 0 bridgehead atoms. The normalized spacial score (nSPS) is 11.1. The molecule has 0 aliphatic carbocycles. The third-order valence-corrected chi connectivity index (χ3v) is 6.50. The van der Waals surface area contributed by atoms with Crippen molar-refractivity contribution in [3.63, 3.8) is 0 Å². The van der Waals surface area contributed by atoms with Gasteiger partial charge in [-0.15, -0.1) is 0 Å². The Bertz CT molecular complexity index is 1100. The van der Waals surface area contributed by atoms with Crippen LogP contribution in [0.3, 0.4) is 0 Å². The van der Waals surface area contributed by atoms with Crippen LogP contribution in [0.25, 0.3) is 0 Å². The van der Waals surface area contributed by atoms with E-state index in [9.17, 15) is 17.6 Å². The van der Waals surface area contributed by atoms with Gasteiger partial charge in [-0.25, -0.2) is 12.8 Å². The number of nitrogens with one attached hydrogen (secondary N) is 1. The van der Waals surface area contributed by atoms with E-state index in [4.69, 9.17) is 0 Å². The molecule has 0 spiro atoms. The highest BCUT2D eigenvalue weighted by Gasteiger charge is 2.22. The van der Waals surface area contributed by atoms with Gasteiger partial charge in [-0.05, 0) is 60.9 Å². The molecule has 30 heavy (non-hydrogen) atoms. The number of carbonyl (C=O) groups is 1. The lowest BCUT2D eigenvalue weighted by atomic mass is 10.1. The molecule has 3 rings (SSSR count). The van der Waals surface area contributed by atoms with Crippen molar-refractivity contribution in [2.75, 3.05) is 17.9 Å². The summed E-state index contributed by atoms with van der Waals surface area (Å²) in [6.07, 6.45) is 1.39. The first-order valence-corrected chi connectivity index (χ1v) is 11.0. The lowest BCUT2D eigenvalue weighted by molar-refractivity contribution is 0.0953. The molecule has 1 amide bonds. The second kappa shape index (κ2) is 9.54. The quantitative estimate of drug-likeness (QED) is 0.554. The molecule has 156 valence electrons. The van der Waals surface area contributed by atoms with E-state index in [1.807, 2.05) is 6.07 Å². The molecular weight excluding hydrogens is 403 g/mol. The number of benzene rings is 3. The first kappa shape index (κ1) is 21.5. The monoisotopic (exact) mass is 426 g/mol. The minimum Gasteiger partial charge on any atom is -0.352 e. The maximum Gasteiger partial charge on any atom is 0.264 e. The zero-order chi connectivity index (χ0) is 21.6. The number of hydrogen-bond donors (Lipinski definition) is 1. The van der Waals surface area contributed by atoms with Gasteiger partial charge >= 0.3 is 0 Å². The van der Waals surface area contributed by atoms with Crippen molar-refractivity contribution in [3.8, 4) is 0 Å². The molecule has 0 heterocycles. The smallest absolute Gasteiger partial charge is 0.264 e. The first-order valence-electron chi connectivity index (χ1n) is 9.54. The molecule has 1 N–H and O–H groups in total. The van der Waals surface area contributed by atoms with Crippen molar-refractivity contribution < 1.29 is 17.6 Å². The van der Waals surface area contributed by atoms with E-state index in [0.717, 1.165) is 5.56 Å². The number of rotatable bonds is 8. The fourth-order valence-corrected chi connectivity index (χ4v) is 4.22. The number of hydrogen-bond acceptors (Lipinski definition) is 3. The van der Waals surface area contributed by atoms with Gasteiger partial charge in [0, 0.05) is 19.2 Å². The molecule has 5 nitrogen and oxygen atoms in total. The largest absolute Gasteiger partial charge is 0.352 e. The summed E-state index contributed by atoms with van der Waals surface area (Å²) in [5.74, 6) is -0.617. The number of amides is 1. The summed E-state index contributed by atoms with van der Waals surface area (Å²) in [5, 5.41) is 2.80. The predicted molar refractivity (Wildman–Crippen MR) is 116 cm³/mol. The minimum atomic E-state index is -3.79. The number of nitrogens with zero attached hydrogens (tertiary/aromatic N) is 1. The van der Waals surface area contributed by atoms with E-state index in [-0.39, 0.29) is 22.2 Å². The second-order valence-corrected chi connectivity index (χ2v) is 8.79.